The molecule has 1 unspecified atom stereocenters. The van der Waals surface area contributed by atoms with Gasteiger partial charge in [0.25, 0.3) is 0 Å². The van der Waals surface area contributed by atoms with E-state index in [0.717, 1.165) is 6.42 Å². The molecule has 7 heteroatoms. The lowest BCUT2D eigenvalue weighted by Gasteiger charge is -2.17. The van der Waals surface area contributed by atoms with E-state index in [9.17, 15) is 4.79 Å². The molecule has 112 valence electrons. The summed E-state index contributed by atoms with van der Waals surface area (Å²) < 4.78 is 4.93. The monoisotopic (exact) mass is 273 g/mol. The van der Waals surface area contributed by atoms with Crippen LogP contribution in [0, 0.1) is 5.92 Å². The van der Waals surface area contributed by atoms with E-state index in [2.05, 4.69) is 21.1 Å². The number of nitrogens with zero attached hydrogens (tertiary/aromatic N) is 1. The molecule has 0 aromatic carbocycles. The summed E-state index contributed by atoms with van der Waals surface area (Å²) in [7, 11) is 1.64. The van der Waals surface area contributed by atoms with Gasteiger partial charge in [0.1, 0.15) is 6.04 Å². The number of hydrogen-bond acceptors (Lipinski definition) is 4. The van der Waals surface area contributed by atoms with Gasteiger partial charge in [-0.05, 0) is 19.3 Å². The first-order chi connectivity index (χ1) is 9.01. The molecule has 0 saturated heterocycles. The van der Waals surface area contributed by atoms with E-state index in [4.69, 9.17) is 10.6 Å². The summed E-state index contributed by atoms with van der Waals surface area (Å²) in [5, 5.41) is 5.77. The van der Waals surface area contributed by atoms with E-state index in [1.807, 2.05) is 13.8 Å². The third kappa shape index (κ3) is 9.26. The number of rotatable bonds is 8. The Labute approximate surface area is 115 Å². The van der Waals surface area contributed by atoms with Crippen molar-refractivity contribution in [3.05, 3.63) is 0 Å². The van der Waals surface area contributed by atoms with Crippen LogP contribution in [0.25, 0.3) is 0 Å². The molecule has 1 atom stereocenters. The van der Waals surface area contributed by atoms with Gasteiger partial charge in [0.15, 0.2) is 0 Å². The molecule has 0 fully saturated rings. The molecule has 0 aromatic heterocycles. The predicted octanol–water partition coefficient (Wildman–Crippen LogP) is -0.407. The zero-order chi connectivity index (χ0) is 14.7. The maximum atomic E-state index is 11.8. The lowest BCUT2D eigenvalue weighted by atomic mass is 10.2. The summed E-state index contributed by atoms with van der Waals surface area (Å²) in [6.07, 6.45) is 0.803. The summed E-state index contributed by atoms with van der Waals surface area (Å²) >= 11 is 0. The third-order valence-corrected chi connectivity index (χ3v) is 2.34. The fraction of sp³-hybridized carbons (Fsp3) is 0.833. The van der Waals surface area contributed by atoms with Gasteiger partial charge < -0.3 is 15.4 Å². The van der Waals surface area contributed by atoms with E-state index in [1.54, 1.807) is 14.0 Å². The van der Waals surface area contributed by atoms with Crippen molar-refractivity contribution in [2.75, 3.05) is 26.8 Å². The summed E-state index contributed by atoms with van der Waals surface area (Å²) in [4.78, 5) is 16.0. The number of carbonyl (C=O) groups is 1. The van der Waals surface area contributed by atoms with Gasteiger partial charge in [-0.2, -0.15) is 0 Å². The number of amides is 1. The molecule has 0 radical (unpaired) electrons. The summed E-state index contributed by atoms with van der Waals surface area (Å²) in [6, 6.07) is -0.393. The van der Waals surface area contributed by atoms with E-state index in [1.165, 1.54) is 0 Å². The Morgan fingerprint density at radius 2 is 2.05 bits per heavy atom. The first-order valence-corrected chi connectivity index (χ1v) is 6.55. The average molecular weight is 273 g/mol. The molecule has 0 bridgehead atoms. The second kappa shape index (κ2) is 10.6. The van der Waals surface area contributed by atoms with Gasteiger partial charge in [0.05, 0.1) is 0 Å². The van der Waals surface area contributed by atoms with Gasteiger partial charge in [-0.3, -0.25) is 15.2 Å². The Morgan fingerprint density at radius 3 is 2.58 bits per heavy atom. The van der Waals surface area contributed by atoms with Crippen molar-refractivity contribution in [1.29, 1.82) is 0 Å². The Morgan fingerprint density at radius 1 is 1.37 bits per heavy atom. The standard InChI is InChI=1S/C12H27N5O2/c1-9(2)8-15-11(18)10(3)16-12(17-13)14-6-5-7-19-4/h9-10H,5-8,13H2,1-4H3,(H,15,18)(H2,14,16,17). The fourth-order valence-corrected chi connectivity index (χ4v) is 1.26. The first-order valence-electron chi connectivity index (χ1n) is 6.55. The Kier molecular flexibility index (Phi) is 9.82. The highest BCUT2D eigenvalue weighted by atomic mass is 16.5. The largest absolute Gasteiger partial charge is 0.385 e. The van der Waals surface area contributed by atoms with Crippen LogP contribution in [-0.4, -0.2) is 44.7 Å². The number of hydrazine groups is 1. The second-order valence-corrected chi connectivity index (χ2v) is 4.73. The van der Waals surface area contributed by atoms with Crippen LogP contribution in [0.4, 0.5) is 0 Å². The minimum atomic E-state index is -0.393. The zero-order valence-electron chi connectivity index (χ0n) is 12.3. The number of methoxy groups -OCH3 is 1. The van der Waals surface area contributed by atoms with Gasteiger partial charge in [0.2, 0.25) is 11.9 Å². The normalized spacial score (nSPS) is 13.3. The number of carbonyl (C=O) groups excluding carboxylic acids is 1. The molecule has 0 saturated carbocycles. The van der Waals surface area contributed by atoms with E-state index >= 15 is 0 Å². The van der Waals surface area contributed by atoms with Crippen LogP contribution in [0.5, 0.6) is 0 Å². The summed E-state index contributed by atoms with van der Waals surface area (Å²) in [5.74, 6) is 6.10. The SMILES string of the molecule is COCCCN=C(NN)NC(C)C(=O)NCC(C)C. The molecule has 7 nitrogen and oxygen atoms in total. The lowest BCUT2D eigenvalue weighted by molar-refractivity contribution is -0.122. The van der Waals surface area contributed by atoms with Crippen LogP contribution >= 0.6 is 0 Å². The number of ether oxygens (including phenoxy) is 1. The number of aliphatic imine (C=N–C) groups is 1. The number of nitrogens with two attached hydrogens (primary N) is 1. The first kappa shape index (κ1) is 17.7. The van der Waals surface area contributed by atoms with Crippen LogP contribution in [0.3, 0.4) is 0 Å². The third-order valence-electron chi connectivity index (χ3n) is 2.34. The predicted molar refractivity (Wildman–Crippen MR) is 76.6 cm³/mol. The van der Waals surface area contributed by atoms with Gasteiger partial charge in [0, 0.05) is 26.8 Å². The smallest absolute Gasteiger partial charge is 0.242 e. The van der Waals surface area contributed by atoms with Gasteiger partial charge in [-0.1, -0.05) is 13.8 Å². The molecule has 0 heterocycles. The van der Waals surface area contributed by atoms with Crippen molar-refractivity contribution in [3.63, 3.8) is 0 Å². The minimum Gasteiger partial charge on any atom is -0.385 e. The Hall–Kier alpha value is -1.34. The molecule has 1 amide bonds. The highest BCUT2D eigenvalue weighted by Gasteiger charge is 2.13. The van der Waals surface area contributed by atoms with Crippen molar-refractivity contribution < 1.29 is 9.53 Å². The zero-order valence-corrected chi connectivity index (χ0v) is 12.3. The number of hydrogen-bond donors (Lipinski definition) is 4. The van der Waals surface area contributed by atoms with Gasteiger partial charge >= 0.3 is 0 Å². The van der Waals surface area contributed by atoms with Crippen molar-refractivity contribution in [2.24, 2.45) is 16.8 Å². The molecule has 0 aromatic rings. The van der Waals surface area contributed by atoms with E-state index < -0.39 is 6.04 Å². The van der Waals surface area contributed by atoms with Crippen molar-refractivity contribution in [2.45, 2.75) is 33.2 Å². The van der Waals surface area contributed by atoms with Crippen LogP contribution < -0.4 is 21.9 Å². The molecule has 0 aliphatic rings. The fourth-order valence-electron chi connectivity index (χ4n) is 1.26. The topological polar surface area (TPSA) is 101 Å². The molecule has 0 rings (SSSR count). The second-order valence-electron chi connectivity index (χ2n) is 4.73. The Bertz CT molecular complexity index is 281. The Balaban J connectivity index is 4.10. The van der Waals surface area contributed by atoms with Crippen molar-refractivity contribution in [3.8, 4) is 0 Å². The minimum absolute atomic E-state index is 0.0754. The molecule has 19 heavy (non-hydrogen) atoms. The maximum Gasteiger partial charge on any atom is 0.242 e. The van der Waals surface area contributed by atoms with E-state index in [0.29, 0.717) is 31.6 Å². The van der Waals surface area contributed by atoms with Crippen molar-refractivity contribution >= 4 is 11.9 Å². The lowest BCUT2D eigenvalue weighted by Crippen LogP contribution is -2.51. The van der Waals surface area contributed by atoms with Crippen molar-refractivity contribution in [1.82, 2.24) is 16.1 Å². The molecule has 0 aliphatic carbocycles. The number of nitrogens with one attached hydrogen (secondary N) is 3. The highest BCUT2D eigenvalue weighted by molar-refractivity contribution is 5.88. The van der Waals surface area contributed by atoms with Gasteiger partial charge in [-0.15, -0.1) is 0 Å². The van der Waals surface area contributed by atoms with Crippen LogP contribution in [0.1, 0.15) is 27.2 Å². The number of guanidine groups is 1. The van der Waals surface area contributed by atoms with Crippen LogP contribution in [-0.2, 0) is 9.53 Å². The van der Waals surface area contributed by atoms with Crippen LogP contribution in [0.15, 0.2) is 4.99 Å². The highest BCUT2D eigenvalue weighted by Crippen LogP contribution is 1.89. The summed E-state index contributed by atoms with van der Waals surface area (Å²) in [6.45, 7) is 7.73. The molecule has 0 spiro atoms. The molecule has 0 aliphatic heterocycles. The molecular formula is C12H27N5O2. The average Bonchev–Trinajstić information content (AvgIpc) is 2.39. The summed E-state index contributed by atoms with van der Waals surface area (Å²) in [5.41, 5.74) is 2.45. The molecular weight excluding hydrogens is 246 g/mol. The quantitative estimate of drug-likeness (QED) is 0.158. The van der Waals surface area contributed by atoms with Crippen LogP contribution in [0.2, 0.25) is 0 Å². The maximum absolute atomic E-state index is 11.8. The molecule has 5 N–H and O–H groups in total. The van der Waals surface area contributed by atoms with E-state index in [-0.39, 0.29) is 5.91 Å². The van der Waals surface area contributed by atoms with Gasteiger partial charge in [-0.25, -0.2) is 5.84 Å².